The third kappa shape index (κ3) is 10.7. The average Bonchev–Trinajstić information content (AvgIpc) is 3.29. The van der Waals surface area contributed by atoms with Gasteiger partial charge in [-0.15, -0.1) is 0 Å². The first-order valence-electron chi connectivity index (χ1n) is 18.1. The van der Waals surface area contributed by atoms with Gasteiger partial charge in [-0.2, -0.15) is 0 Å². The highest BCUT2D eigenvalue weighted by molar-refractivity contribution is 5.94. The standard InChI is InChI=1S/C40H51NO15/c1-21(2)36(48)53-31-29(19-50-23(4)42)17-30-34(52-25(6)44)39(11,55-26(7)45)20-40(30,56-27(8)46)33(47)22(3)14-15-38(9,10)35(32(31)51-24(5)43)54-37(49)28-13-12-16-41-18-28/h12-18,21-22,30-32,34-35H,19-20H2,1-11H3/b15-14+,29-17-/t22-,30+,31-,32-,34-,35-,39-,40-/m1/s1. The molecule has 306 valence electrons. The summed E-state index contributed by atoms with van der Waals surface area (Å²) in [6, 6.07) is 2.95. The summed E-state index contributed by atoms with van der Waals surface area (Å²) in [5.74, 6) is -10.1. The summed E-state index contributed by atoms with van der Waals surface area (Å²) in [7, 11) is 0. The van der Waals surface area contributed by atoms with Gasteiger partial charge in [-0.05, 0) is 19.1 Å². The maximum absolute atomic E-state index is 14.9. The van der Waals surface area contributed by atoms with Crippen molar-refractivity contribution in [3.05, 3.63) is 53.9 Å². The Bertz CT molecular complexity index is 1760. The van der Waals surface area contributed by atoms with Gasteiger partial charge in [0.15, 0.2) is 41.4 Å². The molecule has 16 nitrogen and oxygen atoms in total. The Morgan fingerprint density at radius 1 is 0.821 bits per heavy atom. The van der Waals surface area contributed by atoms with Crippen LogP contribution in [0.5, 0.6) is 0 Å². The van der Waals surface area contributed by atoms with Gasteiger partial charge >= 0.3 is 41.8 Å². The molecule has 3 rings (SSSR count). The first-order chi connectivity index (χ1) is 25.9. The number of aromatic nitrogens is 1. The molecule has 8 atom stereocenters. The Morgan fingerprint density at radius 3 is 1.96 bits per heavy atom. The third-order valence-electron chi connectivity index (χ3n) is 9.40. The van der Waals surface area contributed by atoms with Gasteiger partial charge in [0.1, 0.15) is 6.61 Å². The number of esters is 7. The Kier molecular flexibility index (Phi) is 14.5. The van der Waals surface area contributed by atoms with Gasteiger partial charge in [0, 0.05) is 70.3 Å². The minimum absolute atomic E-state index is 0.0287. The molecule has 56 heavy (non-hydrogen) atoms. The van der Waals surface area contributed by atoms with Crippen molar-refractivity contribution in [3.63, 3.8) is 0 Å². The molecule has 1 aromatic heterocycles. The first kappa shape index (κ1) is 45.0. The van der Waals surface area contributed by atoms with Crippen LogP contribution in [0.25, 0.3) is 0 Å². The molecule has 1 fully saturated rings. The molecular formula is C40H51NO15. The maximum atomic E-state index is 14.9. The van der Waals surface area contributed by atoms with Gasteiger partial charge in [-0.1, -0.05) is 52.8 Å². The zero-order chi connectivity index (χ0) is 42.3. The van der Waals surface area contributed by atoms with Crippen LogP contribution in [0.4, 0.5) is 0 Å². The second kappa shape index (κ2) is 18.0. The minimum atomic E-state index is -2.24. The van der Waals surface area contributed by atoms with Crippen LogP contribution in [-0.2, 0) is 66.7 Å². The van der Waals surface area contributed by atoms with E-state index in [4.69, 9.17) is 33.2 Å². The maximum Gasteiger partial charge on any atom is 0.340 e. The van der Waals surface area contributed by atoms with Crippen LogP contribution in [0, 0.1) is 23.2 Å². The summed E-state index contributed by atoms with van der Waals surface area (Å²) < 4.78 is 41.0. The molecule has 0 saturated heterocycles. The molecule has 0 aliphatic heterocycles. The van der Waals surface area contributed by atoms with Crippen LogP contribution >= 0.6 is 0 Å². The largest absolute Gasteiger partial charge is 0.461 e. The van der Waals surface area contributed by atoms with E-state index in [0.717, 1.165) is 34.6 Å². The van der Waals surface area contributed by atoms with Crippen LogP contribution in [0.1, 0.15) is 92.9 Å². The Balaban J connectivity index is 2.60. The van der Waals surface area contributed by atoms with Gasteiger partial charge < -0.3 is 33.2 Å². The number of ether oxygens (including phenoxy) is 7. The lowest BCUT2D eigenvalue weighted by Gasteiger charge is -2.41. The fourth-order valence-corrected chi connectivity index (χ4v) is 7.05. The Morgan fingerprint density at radius 2 is 1.45 bits per heavy atom. The average molecular weight is 786 g/mol. The molecule has 1 saturated carbocycles. The number of carbonyl (C=O) groups is 8. The number of hydrogen-bond acceptors (Lipinski definition) is 16. The van der Waals surface area contributed by atoms with Gasteiger partial charge in [0.2, 0.25) is 0 Å². The van der Waals surface area contributed by atoms with Crippen LogP contribution < -0.4 is 0 Å². The number of allylic oxidation sites excluding steroid dienone is 1. The summed E-state index contributed by atoms with van der Waals surface area (Å²) in [6.07, 6.45) is -0.0268. The quantitative estimate of drug-likeness (QED) is 0.186. The van der Waals surface area contributed by atoms with Gasteiger partial charge in [0.25, 0.3) is 0 Å². The fourth-order valence-electron chi connectivity index (χ4n) is 7.05. The molecule has 1 aromatic rings. The van der Waals surface area contributed by atoms with Crippen molar-refractivity contribution < 1.29 is 71.5 Å². The van der Waals surface area contributed by atoms with E-state index < -0.39 is 119 Å². The first-order valence-corrected chi connectivity index (χ1v) is 18.1. The van der Waals surface area contributed by atoms with E-state index in [1.807, 2.05) is 0 Å². The molecule has 2 aliphatic carbocycles. The molecule has 0 unspecified atom stereocenters. The number of pyridine rings is 1. The number of ketones is 1. The number of fused-ring (bicyclic) bond motifs is 1. The molecule has 1 heterocycles. The molecule has 0 aromatic carbocycles. The summed E-state index contributed by atoms with van der Waals surface area (Å²) in [5.41, 5.74) is -5.53. The minimum Gasteiger partial charge on any atom is -0.461 e. The van der Waals surface area contributed by atoms with Crippen molar-refractivity contribution >= 4 is 47.6 Å². The molecule has 0 N–H and O–H groups in total. The van der Waals surface area contributed by atoms with Crippen molar-refractivity contribution in [1.29, 1.82) is 0 Å². The van der Waals surface area contributed by atoms with Gasteiger partial charge in [-0.25, -0.2) is 4.79 Å². The van der Waals surface area contributed by atoms with Crippen LogP contribution in [-0.4, -0.2) is 94.8 Å². The fraction of sp³-hybridized carbons (Fsp3) is 0.575. The lowest BCUT2D eigenvalue weighted by Crippen LogP contribution is -2.54. The van der Waals surface area contributed by atoms with E-state index in [0.29, 0.717) is 0 Å². The van der Waals surface area contributed by atoms with Crippen molar-refractivity contribution in [2.24, 2.45) is 23.2 Å². The lowest BCUT2D eigenvalue weighted by molar-refractivity contribution is -0.181. The van der Waals surface area contributed by atoms with Gasteiger partial charge in [0.05, 0.1) is 17.4 Å². The smallest absolute Gasteiger partial charge is 0.340 e. The summed E-state index contributed by atoms with van der Waals surface area (Å²) in [4.78, 5) is 110. The van der Waals surface area contributed by atoms with Gasteiger partial charge in [-0.3, -0.25) is 38.5 Å². The van der Waals surface area contributed by atoms with E-state index >= 15 is 0 Å². The second-order valence-electron chi connectivity index (χ2n) is 15.1. The topological polar surface area (TPSA) is 214 Å². The Hall–Kier alpha value is -5.41. The number of hydrogen-bond donors (Lipinski definition) is 0. The number of carbonyl (C=O) groups excluding carboxylic acids is 8. The number of nitrogens with zero attached hydrogens (tertiary/aromatic N) is 1. The van der Waals surface area contributed by atoms with E-state index in [1.54, 1.807) is 13.8 Å². The van der Waals surface area contributed by atoms with Crippen molar-refractivity contribution in [2.75, 3.05) is 6.61 Å². The molecule has 0 amide bonds. The number of rotatable bonds is 10. The summed E-state index contributed by atoms with van der Waals surface area (Å²) in [6.45, 7) is 14.0. The van der Waals surface area contributed by atoms with Crippen LogP contribution in [0.15, 0.2) is 48.3 Å². The van der Waals surface area contributed by atoms with E-state index in [1.165, 1.54) is 70.4 Å². The monoisotopic (exact) mass is 785 g/mol. The van der Waals surface area contributed by atoms with E-state index in [2.05, 4.69) is 4.98 Å². The SMILES string of the molecule is CC(=O)OC/C1=C/[C@H]2[C@@H](OC(C)=O)[C@](C)(OC(C)=O)C[C@]2(OC(C)=O)C(=O)[C@H](C)/C=C/C(C)(C)[C@H](OC(=O)c2cccnc2)[C@H](OC(C)=O)[C@@H]1OC(=O)C(C)C. The summed E-state index contributed by atoms with van der Waals surface area (Å²) >= 11 is 0. The van der Waals surface area contributed by atoms with Crippen LogP contribution in [0.2, 0.25) is 0 Å². The number of Topliss-reactive ketones (excluding diaryl/α,β-unsaturated/α-hetero) is 1. The predicted octanol–water partition coefficient (Wildman–Crippen LogP) is 3.97. The third-order valence-corrected chi connectivity index (χ3v) is 9.40. The normalized spacial score (nSPS) is 30.1. The molecule has 2 aliphatic rings. The van der Waals surface area contributed by atoms with Crippen LogP contribution in [0.3, 0.4) is 0 Å². The lowest BCUT2D eigenvalue weighted by atomic mass is 9.75. The van der Waals surface area contributed by atoms with E-state index in [-0.39, 0.29) is 11.1 Å². The van der Waals surface area contributed by atoms with Crippen molar-refractivity contribution in [1.82, 2.24) is 4.98 Å². The predicted molar refractivity (Wildman–Crippen MR) is 194 cm³/mol. The highest BCUT2D eigenvalue weighted by Crippen LogP contribution is 2.52. The summed E-state index contributed by atoms with van der Waals surface area (Å²) in [5, 5.41) is 0. The molecule has 0 spiro atoms. The highest BCUT2D eigenvalue weighted by Gasteiger charge is 2.68. The van der Waals surface area contributed by atoms with Crippen molar-refractivity contribution in [3.8, 4) is 0 Å². The zero-order valence-corrected chi connectivity index (χ0v) is 33.6. The van der Waals surface area contributed by atoms with E-state index in [9.17, 15) is 38.4 Å². The molecule has 16 heteroatoms. The molecule has 0 bridgehead atoms. The second-order valence-corrected chi connectivity index (χ2v) is 15.1. The zero-order valence-electron chi connectivity index (χ0n) is 33.6. The Labute approximate surface area is 325 Å². The molecular weight excluding hydrogens is 734 g/mol. The molecule has 0 radical (unpaired) electrons. The highest BCUT2D eigenvalue weighted by atomic mass is 16.6. The van der Waals surface area contributed by atoms with Crippen molar-refractivity contribution in [2.45, 2.75) is 118 Å².